The summed E-state index contributed by atoms with van der Waals surface area (Å²) in [5.41, 5.74) is 2.24. The quantitative estimate of drug-likeness (QED) is 0.659. The summed E-state index contributed by atoms with van der Waals surface area (Å²) in [7, 11) is 0. The molecule has 0 saturated heterocycles. The number of aromatic amines is 1. The summed E-state index contributed by atoms with van der Waals surface area (Å²) in [6, 6.07) is 13.7. The van der Waals surface area contributed by atoms with E-state index in [1.54, 1.807) is 42.5 Å². The van der Waals surface area contributed by atoms with Crippen molar-refractivity contribution in [2.24, 2.45) is 0 Å². The van der Waals surface area contributed by atoms with Crippen molar-refractivity contribution in [1.29, 1.82) is 0 Å². The zero-order valence-electron chi connectivity index (χ0n) is 13.2. The van der Waals surface area contributed by atoms with Crippen molar-refractivity contribution in [1.82, 2.24) is 10.2 Å². The Morgan fingerprint density at radius 1 is 1.16 bits per heavy atom. The maximum Gasteiger partial charge on any atom is 0.356 e. The number of halogens is 1. The number of nitrogens with one attached hydrogen (secondary N) is 2. The number of aromatic carboxylic acids is 1. The molecular formula is C18H14ClN3O3. The molecule has 0 spiro atoms. The van der Waals surface area contributed by atoms with Gasteiger partial charge in [0.2, 0.25) is 0 Å². The van der Waals surface area contributed by atoms with E-state index in [2.05, 4.69) is 15.5 Å². The van der Waals surface area contributed by atoms with Crippen molar-refractivity contribution in [2.75, 3.05) is 5.32 Å². The van der Waals surface area contributed by atoms with E-state index in [1.807, 2.05) is 13.0 Å². The Labute approximate surface area is 148 Å². The van der Waals surface area contributed by atoms with E-state index < -0.39 is 11.9 Å². The molecule has 0 aliphatic heterocycles. The number of aryl methyl sites for hydroxylation is 1. The second-order valence-corrected chi connectivity index (χ2v) is 5.89. The SMILES string of the molecule is Cc1cccc(C(=O)Nc2c(-c3ccc(Cl)cc3)n[nH]c2C(=O)O)c1. The zero-order chi connectivity index (χ0) is 18.0. The van der Waals surface area contributed by atoms with Gasteiger partial charge in [0.15, 0.2) is 5.69 Å². The molecule has 0 aliphatic rings. The van der Waals surface area contributed by atoms with E-state index in [0.717, 1.165) is 5.56 Å². The number of amides is 1. The summed E-state index contributed by atoms with van der Waals surface area (Å²) in [4.78, 5) is 24.0. The van der Waals surface area contributed by atoms with Crippen LogP contribution in [0, 0.1) is 6.92 Å². The monoisotopic (exact) mass is 355 g/mol. The molecule has 0 saturated carbocycles. The predicted octanol–water partition coefficient (Wildman–Crippen LogP) is 3.99. The van der Waals surface area contributed by atoms with E-state index in [1.165, 1.54) is 0 Å². The van der Waals surface area contributed by atoms with Crippen LogP contribution in [0.5, 0.6) is 0 Å². The first-order chi connectivity index (χ1) is 12.0. The molecular weight excluding hydrogens is 342 g/mol. The van der Waals surface area contributed by atoms with Gasteiger partial charge in [-0.2, -0.15) is 5.10 Å². The Kier molecular flexibility index (Phi) is 4.54. The standard InChI is InChI=1S/C18H14ClN3O3/c1-10-3-2-4-12(9-10)17(23)20-15-14(21-22-16(15)18(24)25)11-5-7-13(19)8-6-11/h2-9H,1H3,(H,20,23)(H,21,22)(H,24,25). The molecule has 6 nitrogen and oxygen atoms in total. The number of aromatic nitrogens is 2. The van der Waals surface area contributed by atoms with E-state index >= 15 is 0 Å². The molecule has 25 heavy (non-hydrogen) atoms. The molecule has 1 heterocycles. The van der Waals surface area contributed by atoms with Gasteiger partial charge in [-0.05, 0) is 31.2 Å². The van der Waals surface area contributed by atoms with E-state index in [0.29, 0.717) is 21.8 Å². The lowest BCUT2D eigenvalue weighted by Crippen LogP contribution is -2.14. The van der Waals surface area contributed by atoms with Crippen molar-refractivity contribution in [3.05, 3.63) is 70.4 Å². The average molecular weight is 356 g/mol. The number of anilines is 1. The van der Waals surface area contributed by atoms with Crippen LogP contribution in [0.4, 0.5) is 5.69 Å². The second kappa shape index (κ2) is 6.78. The van der Waals surface area contributed by atoms with Gasteiger partial charge in [-0.3, -0.25) is 9.89 Å². The smallest absolute Gasteiger partial charge is 0.356 e. The van der Waals surface area contributed by atoms with Crippen LogP contribution in [-0.4, -0.2) is 27.2 Å². The van der Waals surface area contributed by atoms with Crippen LogP contribution in [0.2, 0.25) is 5.02 Å². The third kappa shape index (κ3) is 3.54. The number of hydrogen-bond donors (Lipinski definition) is 3. The highest BCUT2D eigenvalue weighted by Gasteiger charge is 2.22. The highest BCUT2D eigenvalue weighted by Crippen LogP contribution is 2.30. The summed E-state index contributed by atoms with van der Waals surface area (Å²) >= 11 is 5.88. The Hall–Kier alpha value is -3.12. The third-order valence-electron chi connectivity index (χ3n) is 3.62. The first-order valence-corrected chi connectivity index (χ1v) is 7.79. The molecule has 1 aromatic heterocycles. The summed E-state index contributed by atoms with van der Waals surface area (Å²) in [6.45, 7) is 1.87. The van der Waals surface area contributed by atoms with E-state index in [9.17, 15) is 14.7 Å². The number of hydrogen-bond acceptors (Lipinski definition) is 3. The molecule has 3 aromatic rings. The van der Waals surface area contributed by atoms with Gasteiger partial charge in [-0.25, -0.2) is 4.79 Å². The van der Waals surface area contributed by atoms with Crippen LogP contribution in [0.3, 0.4) is 0 Å². The fourth-order valence-corrected chi connectivity index (χ4v) is 2.53. The molecule has 7 heteroatoms. The molecule has 3 rings (SSSR count). The molecule has 0 radical (unpaired) electrons. The fraction of sp³-hybridized carbons (Fsp3) is 0.0556. The van der Waals surface area contributed by atoms with Crippen molar-refractivity contribution in [3.8, 4) is 11.3 Å². The van der Waals surface area contributed by atoms with Crippen molar-refractivity contribution < 1.29 is 14.7 Å². The number of carbonyl (C=O) groups excluding carboxylic acids is 1. The summed E-state index contributed by atoms with van der Waals surface area (Å²) in [5, 5.41) is 19.0. The zero-order valence-corrected chi connectivity index (χ0v) is 14.0. The van der Waals surface area contributed by atoms with Gasteiger partial charge in [-0.15, -0.1) is 0 Å². The maximum absolute atomic E-state index is 12.5. The average Bonchev–Trinajstić information content (AvgIpc) is 2.99. The molecule has 0 fully saturated rings. The molecule has 2 aromatic carbocycles. The second-order valence-electron chi connectivity index (χ2n) is 5.46. The van der Waals surface area contributed by atoms with Crippen LogP contribution in [0.1, 0.15) is 26.4 Å². The summed E-state index contributed by atoms with van der Waals surface area (Å²) < 4.78 is 0. The number of carboxylic acids is 1. The van der Waals surface area contributed by atoms with Gasteiger partial charge in [0, 0.05) is 16.1 Å². The molecule has 126 valence electrons. The van der Waals surface area contributed by atoms with Crippen molar-refractivity contribution in [2.45, 2.75) is 6.92 Å². The van der Waals surface area contributed by atoms with Crippen molar-refractivity contribution >= 4 is 29.2 Å². The van der Waals surface area contributed by atoms with E-state index in [-0.39, 0.29) is 11.4 Å². The molecule has 1 amide bonds. The number of carbonyl (C=O) groups is 2. The first-order valence-electron chi connectivity index (χ1n) is 7.41. The normalized spacial score (nSPS) is 10.5. The molecule has 0 aliphatic carbocycles. The number of nitrogens with zero attached hydrogens (tertiary/aromatic N) is 1. The Morgan fingerprint density at radius 3 is 2.52 bits per heavy atom. The van der Waals surface area contributed by atoms with Gasteiger partial charge < -0.3 is 10.4 Å². The minimum absolute atomic E-state index is 0.112. The van der Waals surface area contributed by atoms with Gasteiger partial charge in [0.25, 0.3) is 5.91 Å². The lowest BCUT2D eigenvalue weighted by atomic mass is 10.1. The Bertz CT molecular complexity index is 948. The highest BCUT2D eigenvalue weighted by atomic mass is 35.5. The van der Waals surface area contributed by atoms with Gasteiger partial charge in [-0.1, -0.05) is 41.4 Å². The Balaban J connectivity index is 2.01. The first kappa shape index (κ1) is 16.7. The summed E-state index contributed by atoms with van der Waals surface area (Å²) in [6.07, 6.45) is 0. The molecule has 0 bridgehead atoms. The number of benzene rings is 2. The predicted molar refractivity (Wildman–Crippen MR) is 95.1 cm³/mol. The maximum atomic E-state index is 12.5. The Morgan fingerprint density at radius 2 is 1.88 bits per heavy atom. The topological polar surface area (TPSA) is 95.1 Å². The fourth-order valence-electron chi connectivity index (χ4n) is 2.41. The lowest BCUT2D eigenvalue weighted by Gasteiger charge is -2.08. The minimum atomic E-state index is -1.22. The van der Waals surface area contributed by atoms with Gasteiger partial charge in [0.1, 0.15) is 11.4 Å². The van der Waals surface area contributed by atoms with Crippen molar-refractivity contribution in [3.63, 3.8) is 0 Å². The van der Waals surface area contributed by atoms with E-state index in [4.69, 9.17) is 11.6 Å². The van der Waals surface area contributed by atoms with Gasteiger partial charge in [0.05, 0.1) is 0 Å². The number of rotatable bonds is 4. The third-order valence-corrected chi connectivity index (χ3v) is 3.87. The lowest BCUT2D eigenvalue weighted by molar-refractivity contribution is 0.0691. The number of H-pyrrole nitrogens is 1. The van der Waals surface area contributed by atoms with Crippen LogP contribution < -0.4 is 5.32 Å². The molecule has 0 atom stereocenters. The van der Waals surface area contributed by atoms with Crippen LogP contribution in [-0.2, 0) is 0 Å². The van der Waals surface area contributed by atoms with Crippen LogP contribution >= 0.6 is 11.6 Å². The number of carboxylic acid groups (broad SMARTS) is 1. The highest BCUT2D eigenvalue weighted by molar-refractivity contribution is 6.30. The largest absolute Gasteiger partial charge is 0.476 e. The molecule has 3 N–H and O–H groups in total. The van der Waals surface area contributed by atoms with Gasteiger partial charge >= 0.3 is 5.97 Å². The summed E-state index contributed by atoms with van der Waals surface area (Å²) in [5.74, 6) is -1.63. The van der Waals surface area contributed by atoms with Crippen LogP contribution in [0.25, 0.3) is 11.3 Å². The van der Waals surface area contributed by atoms with Crippen LogP contribution in [0.15, 0.2) is 48.5 Å². The molecule has 0 unspecified atom stereocenters. The minimum Gasteiger partial charge on any atom is -0.476 e.